The van der Waals surface area contributed by atoms with Crippen LogP contribution in [0.4, 0.5) is 0 Å². The number of rotatable bonds is 1. The van der Waals surface area contributed by atoms with Crippen LogP contribution in [0.25, 0.3) is 0 Å². The smallest absolute Gasteiger partial charge is 0.140 e. The number of hydrogen-bond acceptors (Lipinski definition) is 2. The average molecular weight is 255 g/mol. The molecule has 0 aromatic rings. The first kappa shape index (κ1) is 13.8. The lowest BCUT2D eigenvalue weighted by Gasteiger charge is -2.26. The van der Waals surface area contributed by atoms with Gasteiger partial charge in [0.2, 0.25) is 0 Å². The zero-order valence-electron chi connectivity index (χ0n) is 11.3. The van der Waals surface area contributed by atoms with Crippen LogP contribution in [0.5, 0.6) is 0 Å². The zero-order valence-corrected chi connectivity index (χ0v) is 12.9. The highest BCUT2D eigenvalue weighted by Crippen LogP contribution is 2.51. The van der Waals surface area contributed by atoms with Gasteiger partial charge in [-0.15, -0.1) is 0 Å². The fourth-order valence-corrected chi connectivity index (χ4v) is 3.26. The van der Waals surface area contributed by atoms with E-state index in [-0.39, 0.29) is 5.41 Å². The topological polar surface area (TPSA) is 3.24 Å². The van der Waals surface area contributed by atoms with Crippen molar-refractivity contribution in [1.29, 1.82) is 0 Å². The Balaban J connectivity index is 3.04. The predicted molar refractivity (Wildman–Crippen MR) is 78.7 cm³/mol. The van der Waals surface area contributed by atoms with Crippen molar-refractivity contribution in [3.63, 3.8) is 0 Å². The molecule has 3 heteroatoms. The summed E-state index contributed by atoms with van der Waals surface area (Å²) < 4.78 is 0.935. The molecular formula is C13H21NS2. The first-order chi connectivity index (χ1) is 7.19. The van der Waals surface area contributed by atoms with E-state index in [1.807, 2.05) is 19.0 Å². The first-order valence-corrected chi connectivity index (χ1v) is 6.71. The monoisotopic (exact) mass is 255 g/mol. The van der Waals surface area contributed by atoms with Crippen LogP contribution in [0.2, 0.25) is 0 Å². The summed E-state index contributed by atoms with van der Waals surface area (Å²) in [4.78, 5) is 3.40. The van der Waals surface area contributed by atoms with Crippen LogP contribution in [-0.2, 0) is 0 Å². The molecule has 0 aromatic heterocycles. The molecule has 1 nitrogen and oxygen atoms in total. The summed E-state index contributed by atoms with van der Waals surface area (Å²) in [5, 5.41) is 0. The highest BCUT2D eigenvalue weighted by Gasteiger charge is 2.35. The lowest BCUT2D eigenvalue weighted by atomic mass is 9.87. The van der Waals surface area contributed by atoms with E-state index in [2.05, 4.69) is 34.6 Å². The second kappa shape index (κ2) is 4.53. The van der Waals surface area contributed by atoms with Crippen molar-refractivity contribution in [2.24, 2.45) is 5.41 Å². The van der Waals surface area contributed by atoms with E-state index in [1.165, 1.54) is 21.6 Å². The van der Waals surface area contributed by atoms with Gasteiger partial charge in [-0.05, 0) is 31.9 Å². The van der Waals surface area contributed by atoms with Crippen LogP contribution in [0.3, 0.4) is 0 Å². The summed E-state index contributed by atoms with van der Waals surface area (Å²) in [7, 11) is 4.00. The Labute approximate surface area is 109 Å². The largest absolute Gasteiger partial charge is 0.363 e. The number of thioether (sulfide) groups is 1. The Morgan fingerprint density at radius 3 is 1.94 bits per heavy atom. The Hall–Kier alpha value is -0.280. The maximum Gasteiger partial charge on any atom is 0.140 e. The van der Waals surface area contributed by atoms with Crippen molar-refractivity contribution in [3.05, 3.63) is 21.6 Å². The molecule has 1 aliphatic carbocycles. The minimum Gasteiger partial charge on any atom is -0.363 e. The van der Waals surface area contributed by atoms with E-state index in [0.717, 1.165) is 4.32 Å². The fraction of sp³-hybridized carbons (Fsp3) is 0.615. The maximum atomic E-state index is 5.38. The molecule has 0 aliphatic heterocycles. The quantitative estimate of drug-likeness (QED) is 0.646. The van der Waals surface area contributed by atoms with Crippen molar-refractivity contribution in [3.8, 4) is 0 Å². The molecule has 0 unspecified atom stereocenters. The summed E-state index contributed by atoms with van der Waals surface area (Å²) in [6.45, 7) is 11.2. The normalized spacial score (nSPS) is 19.4. The molecule has 0 heterocycles. The molecule has 0 N–H and O–H groups in total. The maximum absolute atomic E-state index is 5.38. The van der Waals surface area contributed by atoms with E-state index >= 15 is 0 Å². The number of nitrogens with zero attached hydrogens (tertiary/aromatic N) is 1. The predicted octanol–water partition coefficient (Wildman–Crippen LogP) is 4.22. The summed E-state index contributed by atoms with van der Waals surface area (Å²) in [6.07, 6.45) is 0. The first-order valence-electron chi connectivity index (χ1n) is 5.48. The van der Waals surface area contributed by atoms with Crippen molar-refractivity contribution in [1.82, 2.24) is 4.90 Å². The van der Waals surface area contributed by atoms with Crippen LogP contribution < -0.4 is 0 Å². The van der Waals surface area contributed by atoms with Gasteiger partial charge in [0.25, 0.3) is 0 Å². The number of thiocarbonyl (C=S) groups is 1. The second-order valence-electron chi connectivity index (χ2n) is 5.09. The van der Waals surface area contributed by atoms with Crippen molar-refractivity contribution >= 4 is 28.3 Å². The Kier molecular flexibility index (Phi) is 3.91. The average Bonchev–Trinajstić information content (AvgIpc) is 2.33. The molecule has 1 rings (SSSR count). The van der Waals surface area contributed by atoms with Gasteiger partial charge in [0, 0.05) is 24.4 Å². The van der Waals surface area contributed by atoms with E-state index in [4.69, 9.17) is 12.2 Å². The molecule has 90 valence electrons. The SMILES string of the molecule is CC1=C(C)C(C)(C)C(SC(=S)N(C)C)=C1C. The minimum absolute atomic E-state index is 0.138. The summed E-state index contributed by atoms with van der Waals surface area (Å²) in [5.41, 5.74) is 4.43. The van der Waals surface area contributed by atoms with Crippen LogP contribution in [-0.4, -0.2) is 23.3 Å². The second-order valence-corrected chi connectivity index (χ2v) is 6.74. The van der Waals surface area contributed by atoms with Gasteiger partial charge < -0.3 is 4.90 Å². The fourth-order valence-electron chi connectivity index (χ4n) is 1.94. The standard InChI is InChI=1S/C13H21NS2/c1-8-9(2)11(13(4,5)10(8)3)16-12(15)14(6)7/h1-7H3. The van der Waals surface area contributed by atoms with Crippen LogP contribution >= 0.6 is 24.0 Å². The molecule has 0 saturated carbocycles. The van der Waals surface area contributed by atoms with Crippen LogP contribution in [0, 0.1) is 5.41 Å². The van der Waals surface area contributed by atoms with Gasteiger partial charge in [0.15, 0.2) is 0 Å². The Morgan fingerprint density at radius 2 is 1.62 bits per heavy atom. The molecule has 0 radical (unpaired) electrons. The molecule has 0 aromatic carbocycles. The third kappa shape index (κ3) is 2.21. The Bertz CT molecular complexity index is 387. The minimum atomic E-state index is 0.138. The summed E-state index contributed by atoms with van der Waals surface area (Å²) in [5.74, 6) is 0. The van der Waals surface area contributed by atoms with E-state index < -0.39 is 0 Å². The number of hydrogen-bond donors (Lipinski definition) is 0. The lowest BCUT2D eigenvalue weighted by Crippen LogP contribution is -2.19. The van der Waals surface area contributed by atoms with Crippen molar-refractivity contribution in [2.45, 2.75) is 34.6 Å². The zero-order chi connectivity index (χ0) is 12.7. The van der Waals surface area contributed by atoms with Crippen molar-refractivity contribution in [2.75, 3.05) is 14.1 Å². The molecule has 0 fully saturated rings. The lowest BCUT2D eigenvalue weighted by molar-refractivity contribution is 0.577. The van der Waals surface area contributed by atoms with Gasteiger partial charge >= 0.3 is 0 Å². The van der Waals surface area contributed by atoms with Crippen molar-refractivity contribution < 1.29 is 0 Å². The molecular weight excluding hydrogens is 234 g/mol. The molecule has 1 aliphatic rings. The van der Waals surface area contributed by atoms with Gasteiger partial charge in [-0.2, -0.15) is 0 Å². The van der Waals surface area contributed by atoms with Gasteiger partial charge in [-0.1, -0.05) is 43.4 Å². The summed E-state index contributed by atoms with van der Waals surface area (Å²) in [6, 6.07) is 0. The molecule has 0 bridgehead atoms. The van der Waals surface area contributed by atoms with E-state index in [9.17, 15) is 0 Å². The van der Waals surface area contributed by atoms with E-state index in [0.29, 0.717) is 0 Å². The van der Waals surface area contributed by atoms with Gasteiger partial charge in [-0.3, -0.25) is 0 Å². The molecule has 0 atom stereocenters. The van der Waals surface area contributed by atoms with Crippen LogP contribution in [0.1, 0.15) is 34.6 Å². The molecule has 16 heavy (non-hydrogen) atoms. The van der Waals surface area contributed by atoms with Crippen LogP contribution in [0.15, 0.2) is 21.6 Å². The number of allylic oxidation sites excluding steroid dienone is 4. The van der Waals surface area contributed by atoms with E-state index in [1.54, 1.807) is 11.8 Å². The summed E-state index contributed by atoms with van der Waals surface area (Å²) >= 11 is 7.12. The molecule has 0 spiro atoms. The highest BCUT2D eigenvalue weighted by molar-refractivity contribution is 8.25. The van der Waals surface area contributed by atoms with Gasteiger partial charge in [0.1, 0.15) is 4.32 Å². The third-order valence-electron chi connectivity index (χ3n) is 3.53. The third-order valence-corrected chi connectivity index (χ3v) is 5.70. The highest BCUT2D eigenvalue weighted by atomic mass is 32.2. The molecule has 0 amide bonds. The molecule has 0 saturated heterocycles. The van der Waals surface area contributed by atoms with Gasteiger partial charge in [0.05, 0.1) is 0 Å². The van der Waals surface area contributed by atoms with Gasteiger partial charge in [-0.25, -0.2) is 0 Å². The Morgan fingerprint density at radius 1 is 1.12 bits per heavy atom.